The van der Waals surface area contributed by atoms with Crippen LogP contribution in [0.4, 0.5) is 0 Å². The fourth-order valence-corrected chi connectivity index (χ4v) is 3.17. The summed E-state index contributed by atoms with van der Waals surface area (Å²) in [6, 6.07) is 10.7. The highest BCUT2D eigenvalue weighted by atomic mass is 28.3. The van der Waals surface area contributed by atoms with Crippen LogP contribution in [0.1, 0.15) is 11.5 Å². The average molecular weight is 214 g/mol. The highest BCUT2D eigenvalue weighted by Crippen LogP contribution is 2.30. The maximum atomic E-state index is 2.43. The topological polar surface area (TPSA) is 0 Å². The van der Waals surface area contributed by atoms with E-state index in [1.54, 1.807) is 5.20 Å². The van der Waals surface area contributed by atoms with Gasteiger partial charge >= 0.3 is 0 Å². The summed E-state index contributed by atoms with van der Waals surface area (Å²) >= 11 is 0. The lowest BCUT2D eigenvalue weighted by Gasteiger charge is -2.16. The fraction of sp³-hybridized carbons (Fsp3) is 0.286. The molecule has 78 valence electrons. The van der Waals surface area contributed by atoms with E-state index < -0.39 is 8.07 Å². The second-order valence-corrected chi connectivity index (χ2v) is 10.2. The van der Waals surface area contributed by atoms with Gasteiger partial charge in [0.1, 0.15) is 0 Å². The molecule has 1 aliphatic carbocycles. The molecule has 0 spiro atoms. The van der Waals surface area contributed by atoms with Crippen molar-refractivity contribution in [1.82, 2.24) is 0 Å². The molecule has 0 bridgehead atoms. The molecule has 0 aliphatic heterocycles. The van der Waals surface area contributed by atoms with E-state index in [0.29, 0.717) is 5.92 Å². The van der Waals surface area contributed by atoms with Crippen molar-refractivity contribution in [1.29, 1.82) is 0 Å². The summed E-state index contributed by atoms with van der Waals surface area (Å²) < 4.78 is 0. The minimum absolute atomic E-state index is 0.507. The molecule has 0 radical (unpaired) electrons. The molecule has 15 heavy (non-hydrogen) atoms. The lowest BCUT2D eigenvalue weighted by molar-refractivity contribution is 1.10. The summed E-state index contributed by atoms with van der Waals surface area (Å²) in [7, 11) is -1.12. The molecule has 0 amide bonds. The summed E-state index contributed by atoms with van der Waals surface area (Å²) in [5.41, 5.74) is 1.40. The quantitative estimate of drug-likeness (QED) is 0.649. The largest absolute Gasteiger partial charge is 0.0772 e. The Morgan fingerprint density at radius 3 is 2.20 bits per heavy atom. The van der Waals surface area contributed by atoms with Gasteiger partial charge in [-0.25, -0.2) is 0 Å². The molecule has 1 unspecified atom stereocenters. The molecular formula is C14H18Si. The predicted molar refractivity (Wildman–Crippen MR) is 69.8 cm³/mol. The van der Waals surface area contributed by atoms with Crippen LogP contribution in [-0.4, -0.2) is 8.07 Å². The molecule has 0 saturated heterocycles. The van der Waals surface area contributed by atoms with Gasteiger partial charge < -0.3 is 0 Å². The van der Waals surface area contributed by atoms with Gasteiger partial charge in [-0.1, -0.05) is 73.4 Å². The monoisotopic (exact) mass is 214 g/mol. The number of benzene rings is 1. The molecule has 0 heterocycles. The van der Waals surface area contributed by atoms with Crippen LogP contribution in [0.5, 0.6) is 0 Å². The van der Waals surface area contributed by atoms with Crippen molar-refractivity contribution >= 4 is 8.07 Å². The third-order valence-electron chi connectivity index (χ3n) is 2.89. The van der Waals surface area contributed by atoms with Gasteiger partial charge in [0.2, 0.25) is 0 Å². The van der Waals surface area contributed by atoms with E-state index in [2.05, 4.69) is 68.2 Å². The second kappa shape index (κ2) is 3.82. The standard InChI is InChI=1S/C14H18Si/c1-15(2,3)14-10-9-13(11-14)12-7-5-4-6-8-12/h4-11,13H,1-3H3. The van der Waals surface area contributed by atoms with Crippen LogP contribution < -0.4 is 0 Å². The zero-order valence-electron chi connectivity index (χ0n) is 9.70. The maximum absolute atomic E-state index is 2.43. The Labute approximate surface area is 93.3 Å². The molecule has 1 heteroatoms. The molecule has 0 saturated carbocycles. The van der Waals surface area contributed by atoms with Crippen molar-refractivity contribution in [3.8, 4) is 0 Å². The van der Waals surface area contributed by atoms with Crippen LogP contribution in [0.15, 0.2) is 53.8 Å². The van der Waals surface area contributed by atoms with Gasteiger partial charge in [-0.05, 0) is 5.56 Å². The number of allylic oxidation sites excluding steroid dienone is 4. The van der Waals surface area contributed by atoms with Gasteiger partial charge in [-0.2, -0.15) is 0 Å². The van der Waals surface area contributed by atoms with E-state index in [1.165, 1.54) is 5.56 Å². The van der Waals surface area contributed by atoms with Gasteiger partial charge in [0.25, 0.3) is 0 Å². The molecule has 1 aliphatic rings. The summed E-state index contributed by atoms with van der Waals surface area (Å²) in [4.78, 5) is 0. The number of hydrogen-bond donors (Lipinski definition) is 0. The van der Waals surface area contributed by atoms with Crippen LogP contribution in [0, 0.1) is 0 Å². The first kappa shape index (κ1) is 10.4. The zero-order valence-corrected chi connectivity index (χ0v) is 10.7. The molecule has 1 aromatic rings. The molecule has 0 aromatic heterocycles. The second-order valence-electron chi connectivity index (χ2n) is 5.17. The van der Waals surface area contributed by atoms with Crippen molar-refractivity contribution in [3.05, 3.63) is 59.3 Å². The first-order valence-electron chi connectivity index (χ1n) is 5.53. The van der Waals surface area contributed by atoms with Gasteiger partial charge in [0.15, 0.2) is 0 Å². The molecule has 0 fully saturated rings. The SMILES string of the molecule is C[Si](C)(C)C1=CC(c2ccccc2)C=C1. The van der Waals surface area contributed by atoms with Crippen molar-refractivity contribution in [3.63, 3.8) is 0 Å². The Morgan fingerprint density at radius 1 is 1.00 bits per heavy atom. The van der Waals surface area contributed by atoms with Crippen molar-refractivity contribution in [2.45, 2.75) is 25.6 Å². The Balaban J connectivity index is 2.25. The fourth-order valence-electron chi connectivity index (χ4n) is 1.89. The van der Waals surface area contributed by atoms with Gasteiger partial charge in [-0.15, -0.1) is 0 Å². The molecule has 1 atom stereocenters. The van der Waals surface area contributed by atoms with E-state index in [-0.39, 0.29) is 0 Å². The Kier molecular flexibility index (Phi) is 2.66. The molecular weight excluding hydrogens is 196 g/mol. The van der Waals surface area contributed by atoms with Crippen LogP contribution in [0.25, 0.3) is 0 Å². The van der Waals surface area contributed by atoms with Gasteiger partial charge in [0.05, 0.1) is 8.07 Å². The maximum Gasteiger partial charge on any atom is 0.0772 e. The number of hydrogen-bond acceptors (Lipinski definition) is 0. The third-order valence-corrected chi connectivity index (χ3v) is 4.96. The Hall–Kier alpha value is -1.08. The molecule has 1 aromatic carbocycles. The Bertz CT molecular complexity index is 393. The lowest BCUT2D eigenvalue weighted by atomic mass is 10.0. The zero-order chi connectivity index (χ0) is 10.9. The molecule has 0 N–H and O–H groups in total. The van der Waals surface area contributed by atoms with Crippen molar-refractivity contribution < 1.29 is 0 Å². The summed E-state index contributed by atoms with van der Waals surface area (Å²) in [6.45, 7) is 7.20. The van der Waals surface area contributed by atoms with Gasteiger partial charge in [-0.3, -0.25) is 0 Å². The Morgan fingerprint density at radius 2 is 1.67 bits per heavy atom. The van der Waals surface area contributed by atoms with Crippen LogP contribution in [-0.2, 0) is 0 Å². The van der Waals surface area contributed by atoms with Crippen LogP contribution in [0.3, 0.4) is 0 Å². The average Bonchev–Trinajstić information content (AvgIpc) is 2.67. The first-order chi connectivity index (χ1) is 7.07. The van der Waals surface area contributed by atoms with E-state index in [9.17, 15) is 0 Å². The summed E-state index contributed by atoms with van der Waals surface area (Å²) in [5.74, 6) is 0.507. The van der Waals surface area contributed by atoms with E-state index >= 15 is 0 Å². The van der Waals surface area contributed by atoms with Gasteiger partial charge in [0, 0.05) is 5.92 Å². The van der Waals surface area contributed by atoms with Crippen molar-refractivity contribution in [2.75, 3.05) is 0 Å². The van der Waals surface area contributed by atoms with E-state index in [1.807, 2.05) is 0 Å². The summed E-state index contributed by atoms with van der Waals surface area (Å²) in [5, 5.41) is 1.58. The minimum atomic E-state index is -1.12. The van der Waals surface area contributed by atoms with E-state index in [4.69, 9.17) is 0 Å². The third kappa shape index (κ3) is 2.29. The minimum Gasteiger partial charge on any atom is -0.0740 e. The van der Waals surface area contributed by atoms with Crippen LogP contribution in [0.2, 0.25) is 19.6 Å². The van der Waals surface area contributed by atoms with Crippen LogP contribution >= 0.6 is 0 Å². The van der Waals surface area contributed by atoms with E-state index in [0.717, 1.165) is 0 Å². The first-order valence-corrected chi connectivity index (χ1v) is 9.03. The summed E-state index contributed by atoms with van der Waals surface area (Å²) in [6.07, 6.45) is 7.08. The smallest absolute Gasteiger partial charge is 0.0740 e. The lowest BCUT2D eigenvalue weighted by Crippen LogP contribution is -2.21. The van der Waals surface area contributed by atoms with Crippen molar-refractivity contribution in [2.24, 2.45) is 0 Å². The highest BCUT2D eigenvalue weighted by Gasteiger charge is 2.22. The normalized spacial score (nSPS) is 20.5. The molecule has 0 nitrogen and oxygen atoms in total. The molecule has 2 rings (SSSR count). The highest BCUT2D eigenvalue weighted by molar-refractivity contribution is 6.83. The predicted octanol–water partition coefficient (Wildman–Crippen LogP) is 4.14. The number of rotatable bonds is 2.